The van der Waals surface area contributed by atoms with Crippen molar-refractivity contribution in [3.8, 4) is 0 Å². The van der Waals surface area contributed by atoms with Gasteiger partial charge in [-0.15, -0.1) is 11.3 Å². The molecule has 226 valence electrons. The molecule has 13 heteroatoms. The van der Waals surface area contributed by atoms with Crippen LogP contribution in [-0.4, -0.2) is 36.4 Å². The number of hydrogen-bond donors (Lipinski definition) is 1. The minimum Gasteiger partial charge on any atom is -0.438 e. The monoisotopic (exact) mass is 636 g/mol. The smallest absolute Gasteiger partial charge is 0.353 e. The van der Waals surface area contributed by atoms with Crippen molar-refractivity contribution >= 4 is 64.5 Å². The van der Waals surface area contributed by atoms with E-state index in [1.54, 1.807) is 95.6 Å². The van der Waals surface area contributed by atoms with Crippen molar-refractivity contribution < 1.29 is 37.5 Å². The van der Waals surface area contributed by atoms with Gasteiger partial charge in [0.2, 0.25) is 19.5 Å². The zero-order valence-electron chi connectivity index (χ0n) is 24.2. The van der Waals surface area contributed by atoms with Gasteiger partial charge in [0.05, 0.1) is 16.5 Å². The Morgan fingerprint density at radius 2 is 1.62 bits per heavy atom. The molecule has 0 aliphatic rings. The first-order valence-electron chi connectivity index (χ1n) is 12.9. The number of carbonyl (C=O) groups is 3. The maximum absolute atomic E-state index is 14.5. The lowest BCUT2D eigenvalue weighted by molar-refractivity contribution is -0.162. The average Bonchev–Trinajstić information content (AvgIpc) is 3.30. The third-order valence-corrected chi connectivity index (χ3v) is 8.95. The van der Waals surface area contributed by atoms with E-state index in [9.17, 15) is 18.9 Å². The Bertz CT molecular complexity index is 1460. The number of rotatable bonds is 11. The highest BCUT2D eigenvalue weighted by Crippen LogP contribution is 2.62. The van der Waals surface area contributed by atoms with Crippen LogP contribution in [0.4, 0.5) is 0 Å². The molecule has 3 rings (SSSR count). The van der Waals surface area contributed by atoms with Gasteiger partial charge in [-0.1, -0.05) is 17.7 Å². The lowest BCUT2D eigenvalue weighted by atomic mass is 9.98. The van der Waals surface area contributed by atoms with E-state index < -0.39 is 55.5 Å². The number of carbonyl (C=O) groups excluding carboxylic acids is 3. The fraction of sp³-hybridized carbons (Fsp3) is 0.379. The van der Waals surface area contributed by atoms with Crippen LogP contribution in [-0.2, 0) is 37.5 Å². The third kappa shape index (κ3) is 8.96. The summed E-state index contributed by atoms with van der Waals surface area (Å²) < 4.78 is 36.8. The summed E-state index contributed by atoms with van der Waals surface area (Å²) >= 11 is 7.56. The van der Waals surface area contributed by atoms with Crippen LogP contribution in [0.25, 0.3) is 16.2 Å². The van der Waals surface area contributed by atoms with Gasteiger partial charge in [-0.05, 0) is 94.3 Å². The highest BCUT2D eigenvalue weighted by molar-refractivity contribution is 7.55. The van der Waals surface area contributed by atoms with E-state index in [0.717, 1.165) is 4.70 Å². The SMILES string of the molecule is CC(C)(C)C(=O)OCOP(=O)(OCOC(=O)C(C)(C)C)C(C(=O)N/C=C/c1ccccn1)c1csc2ccc(Cl)cc12. The summed E-state index contributed by atoms with van der Waals surface area (Å²) in [5.74, 6) is -2.00. The summed E-state index contributed by atoms with van der Waals surface area (Å²) in [5, 5.41) is 5.21. The second-order valence-corrected chi connectivity index (χ2v) is 14.7. The maximum Gasteiger partial charge on any atom is 0.353 e. The number of nitrogens with one attached hydrogen (secondary N) is 1. The van der Waals surface area contributed by atoms with Crippen molar-refractivity contribution in [1.82, 2.24) is 10.3 Å². The van der Waals surface area contributed by atoms with Gasteiger partial charge in [-0.3, -0.25) is 33.0 Å². The number of pyridine rings is 1. The minimum absolute atomic E-state index is 0.300. The van der Waals surface area contributed by atoms with Crippen molar-refractivity contribution in [1.29, 1.82) is 0 Å². The molecule has 2 heterocycles. The molecule has 0 radical (unpaired) electrons. The molecule has 1 unspecified atom stereocenters. The Kier molecular flexibility index (Phi) is 11.1. The fourth-order valence-electron chi connectivity index (χ4n) is 3.38. The van der Waals surface area contributed by atoms with Gasteiger partial charge in [-0.2, -0.15) is 0 Å². The number of esters is 2. The van der Waals surface area contributed by atoms with Gasteiger partial charge in [0.15, 0.2) is 5.66 Å². The Morgan fingerprint density at radius 1 is 1.00 bits per heavy atom. The minimum atomic E-state index is -4.58. The Hall–Kier alpha value is -3.08. The normalized spacial score (nSPS) is 13.2. The van der Waals surface area contributed by atoms with Crippen molar-refractivity contribution in [2.75, 3.05) is 13.6 Å². The topological polar surface area (TPSA) is 130 Å². The third-order valence-electron chi connectivity index (χ3n) is 5.66. The Balaban J connectivity index is 2.01. The summed E-state index contributed by atoms with van der Waals surface area (Å²) in [6.07, 6.45) is 4.50. The van der Waals surface area contributed by atoms with E-state index in [0.29, 0.717) is 21.7 Å². The van der Waals surface area contributed by atoms with Crippen molar-refractivity contribution in [2.45, 2.75) is 47.2 Å². The highest BCUT2D eigenvalue weighted by Gasteiger charge is 2.45. The van der Waals surface area contributed by atoms with Gasteiger partial charge in [0.25, 0.3) is 0 Å². The molecule has 3 aromatic rings. The predicted molar refractivity (Wildman–Crippen MR) is 162 cm³/mol. The molecule has 1 atom stereocenters. The largest absolute Gasteiger partial charge is 0.438 e. The Labute approximate surface area is 253 Å². The molecule has 0 aliphatic carbocycles. The highest BCUT2D eigenvalue weighted by atomic mass is 35.5. The molecule has 42 heavy (non-hydrogen) atoms. The number of halogens is 1. The van der Waals surface area contributed by atoms with Crippen molar-refractivity contribution in [3.05, 3.63) is 70.5 Å². The summed E-state index contributed by atoms with van der Waals surface area (Å²) in [5.41, 5.74) is -2.44. The van der Waals surface area contributed by atoms with Crippen LogP contribution < -0.4 is 5.32 Å². The Morgan fingerprint density at radius 3 is 2.17 bits per heavy atom. The molecule has 1 amide bonds. The number of fused-ring (bicyclic) bond motifs is 1. The number of aromatic nitrogens is 1. The molecule has 0 aliphatic heterocycles. The number of nitrogens with zero attached hydrogens (tertiary/aromatic N) is 1. The summed E-state index contributed by atoms with van der Waals surface area (Å²) in [6, 6.07) is 10.4. The quantitative estimate of drug-likeness (QED) is 0.133. The molecular formula is C29H34ClN2O8PS. The zero-order valence-corrected chi connectivity index (χ0v) is 26.7. The first-order valence-corrected chi connectivity index (χ1v) is 15.8. The van der Waals surface area contributed by atoms with Crippen LogP contribution in [0, 0.1) is 10.8 Å². The van der Waals surface area contributed by atoms with Crippen molar-refractivity contribution in [2.24, 2.45) is 10.8 Å². The number of amides is 1. The van der Waals surface area contributed by atoms with E-state index in [2.05, 4.69) is 10.3 Å². The molecule has 1 N–H and O–H groups in total. The van der Waals surface area contributed by atoms with Gasteiger partial charge in [-0.25, -0.2) is 0 Å². The van der Waals surface area contributed by atoms with Crippen LogP contribution >= 0.6 is 30.5 Å². The van der Waals surface area contributed by atoms with Gasteiger partial charge in [0.1, 0.15) is 0 Å². The van der Waals surface area contributed by atoms with Crippen molar-refractivity contribution in [3.63, 3.8) is 0 Å². The summed E-state index contributed by atoms with van der Waals surface area (Å²) in [6.45, 7) is 8.29. The number of benzene rings is 1. The molecule has 1 aromatic carbocycles. The van der Waals surface area contributed by atoms with E-state index in [1.807, 2.05) is 0 Å². The van der Waals surface area contributed by atoms with E-state index in [-0.39, 0.29) is 0 Å². The average molecular weight is 637 g/mol. The predicted octanol–water partition coefficient (Wildman–Crippen LogP) is 7.10. The molecular weight excluding hydrogens is 603 g/mol. The van der Waals surface area contributed by atoms with Crippen LogP contribution in [0.1, 0.15) is 58.5 Å². The lowest BCUT2D eigenvalue weighted by Gasteiger charge is -2.27. The van der Waals surface area contributed by atoms with Gasteiger partial charge < -0.3 is 14.8 Å². The van der Waals surface area contributed by atoms with E-state index >= 15 is 0 Å². The van der Waals surface area contributed by atoms with Crippen LogP contribution in [0.5, 0.6) is 0 Å². The number of ether oxygens (including phenoxy) is 2. The molecule has 10 nitrogen and oxygen atoms in total. The fourth-order valence-corrected chi connectivity index (χ4v) is 6.30. The number of thiophene rings is 1. The first-order chi connectivity index (χ1) is 19.6. The maximum atomic E-state index is 14.5. The molecule has 0 saturated heterocycles. The standard InChI is InChI=1S/C29H34ClN2O8PS/c1-28(2,3)26(34)37-17-39-41(36,40-18-38-27(35)29(4,5)6)24(22-16-42-23-11-10-19(30)15-21(22)23)25(33)32-14-12-20-9-7-8-13-31-20/h7-16,24H,17-18H2,1-6H3,(H,32,33)/b14-12+. The zero-order chi connectivity index (χ0) is 31.1. The molecule has 0 saturated carbocycles. The van der Waals surface area contributed by atoms with Gasteiger partial charge in [0, 0.05) is 22.1 Å². The second kappa shape index (κ2) is 13.9. The molecule has 2 aromatic heterocycles. The molecule has 0 fully saturated rings. The lowest BCUT2D eigenvalue weighted by Crippen LogP contribution is -2.29. The van der Waals surface area contributed by atoms with Crippen LogP contribution in [0.3, 0.4) is 0 Å². The van der Waals surface area contributed by atoms with Crippen LogP contribution in [0.2, 0.25) is 5.02 Å². The second-order valence-electron chi connectivity index (χ2n) is 11.2. The van der Waals surface area contributed by atoms with E-state index in [4.69, 9.17) is 30.1 Å². The molecule has 0 spiro atoms. The van der Waals surface area contributed by atoms with Crippen LogP contribution in [0.15, 0.2) is 54.2 Å². The van der Waals surface area contributed by atoms with Gasteiger partial charge >= 0.3 is 19.5 Å². The number of hydrogen-bond acceptors (Lipinski definition) is 10. The summed E-state index contributed by atoms with van der Waals surface area (Å²) in [7, 11) is -4.58. The molecule has 0 bridgehead atoms. The summed E-state index contributed by atoms with van der Waals surface area (Å²) in [4.78, 5) is 42.7. The van der Waals surface area contributed by atoms with E-state index in [1.165, 1.54) is 17.5 Å². The first kappa shape index (κ1) is 33.4.